The molecule has 1 aromatic heterocycles. The van der Waals surface area contributed by atoms with Crippen LogP contribution in [0.2, 0.25) is 0 Å². The molecule has 1 unspecified atom stereocenters. The van der Waals surface area contributed by atoms with Crippen LogP contribution in [0.5, 0.6) is 5.75 Å². The maximum absolute atomic E-state index is 14.1. The molecule has 0 saturated heterocycles. The van der Waals surface area contributed by atoms with E-state index in [1.54, 1.807) is 11.3 Å². The summed E-state index contributed by atoms with van der Waals surface area (Å²) >= 11 is 1.68. The molecule has 2 rings (SSSR count). The molecule has 1 N–H and O–H groups in total. The van der Waals surface area contributed by atoms with Crippen LogP contribution in [0.25, 0.3) is 0 Å². The first kappa shape index (κ1) is 16.0. The van der Waals surface area contributed by atoms with Crippen LogP contribution in [0.4, 0.5) is 4.39 Å². The van der Waals surface area contributed by atoms with Crippen LogP contribution in [0.3, 0.4) is 0 Å². The molecule has 1 heterocycles. The largest absolute Gasteiger partial charge is 0.493 e. The molecule has 0 fully saturated rings. The highest BCUT2D eigenvalue weighted by molar-refractivity contribution is 7.07. The Balaban J connectivity index is 1.89. The van der Waals surface area contributed by atoms with E-state index in [4.69, 9.17) is 4.74 Å². The Hall–Kier alpha value is -1.39. The predicted molar refractivity (Wildman–Crippen MR) is 86.6 cm³/mol. The molecule has 1 atom stereocenters. The summed E-state index contributed by atoms with van der Waals surface area (Å²) in [5.41, 5.74) is 1.95. The van der Waals surface area contributed by atoms with Gasteiger partial charge in [0.05, 0.1) is 6.61 Å². The van der Waals surface area contributed by atoms with E-state index in [-0.39, 0.29) is 11.9 Å². The number of halogens is 1. The fourth-order valence-corrected chi connectivity index (χ4v) is 2.84. The lowest BCUT2D eigenvalue weighted by atomic mass is 10.1. The van der Waals surface area contributed by atoms with E-state index >= 15 is 0 Å². The smallest absolute Gasteiger partial charge is 0.131 e. The first-order valence-corrected chi connectivity index (χ1v) is 8.31. The Morgan fingerprint density at radius 2 is 2.19 bits per heavy atom. The SMILES string of the molecule is CCCNC(C)c1ccc(OCCc2ccsc2)cc1F. The molecule has 114 valence electrons. The Morgan fingerprint density at radius 1 is 1.33 bits per heavy atom. The summed E-state index contributed by atoms with van der Waals surface area (Å²) in [5, 5.41) is 7.45. The van der Waals surface area contributed by atoms with E-state index in [1.165, 1.54) is 11.6 Å². The molecule has 21 heavy (non-hydrogen) atoms. The fraction of sp³-hybridized carbons (Fsp3) is 0.412. The molecule has 0 radical (unpaired) electrons. The van der Waals surface area contributed by atoms with Crippen LogP contribution in [0.1, 0.15) is 37.4 Å². The van der Waals surface area contributed by atoms with Crippen molar-refractivity contribution < 1.29 is 9.13 Å². The molecular weight excluding hydrogens is 285 g/mol. The number of benzene rings is 1. The number of nitrogens with one attached hydrogen (secondary N) is 1. The molecule has 1 aromatic carbocycles. The van der Waals surface area contributed by atoms with Crippen molar-refractivity contribution in [3.05, 3.63) is 52.0 Å². The van der Waals surface area contributed by atoms with Gasteiger partial charge < -0.3 is 10.1 Å². The van der Waals surface area contributed by atoms with Crippen LogP contribution < -0.4 is 10.1 Å². The van der Waals surface area contributed by atoms with Crippen molar-refractivity contribution in [1.82, 2.24) is 5.32 Å². The Kier molecular flexibility index (Phi) is 6.21. The van der Waals surface area contributed by atoms with Crippen LogP contribution in [0, 0.1) is 5.82 Å². The van der Waals surface area contributed by atoms with E-state index in [0.717, 1.165) is 19.4 Å². The molecule has 0 saturated carbocycles. The Bertz CT molecular complexity index is 542. The molecule has 2 nitrogen and oxygen atoms in total. The lowest BCUT2D eigenvalue weighted by Gasteiger charge is -2.15. The zero-order chi connectivity index (χ0) is 15.1. The Morgan fingerprint density at radius 3 is 2.86 bits per heavy atom. The zero-order valence-corrected chi connectivity index (χ0v) is 13.4. The van der Waals surface area contributed by atoms with Gasteiger partial charge in [-0.25, -0.2) is 4.39 Å². The quantitative estimate of drug-likeness (QED) is 0.771. The van der Waals surface area contributed by atoms with Crippen molar-refractivity contribution in [3.63, 3.8) is 0 Å². The number of ether oxygens (including phenoxy) is 1. The van der Waals surface area contributed by atoms with Gasteiger partial charge in [-0.2, -0.15) is 11.3 Å². The first-order valence-electron chi connectivity index (χ1n) is 7.37. The highest BCUT2D eigenvalue weighted by Gasteiger charge is 2.11. The van der Waals surface area contributed by atoms with E-state index in [1.807, 2.05) is 19.1 Å². The summed E-state index contributed by atoms with van der Waals surface area (Å²) < 4.78 is 19.7. The number of hydrogen-bond acceptors (Lipinski definition) is 3. The van der Waals surface area contributed by atoms with Crippen LogP contribution in [0.15, 0.2) is 35.0 Å². The zero-order valence-electron chi connectivity index (χ0n) is 12.6. The standard InChI is InChI=1S/C17H22FNOS/c1-3-8-19-13(2)16-5-4-15(11-17(16)18)20-9-6-14-7-10-21-12-14/h4-5,7,10-13,19H,3,6,8-9H2,1-2H3. The molecule has 0 aliphatic heterocycles. The summed E-state index contributed by atoms with van der Waals surface area (Å²) in [6.45, 7) is 5.53. The second-order valence-electron chi connectivity index (χ2n) is 5.09. The van der Waals surface area contributed by atoms with Gasteiger partial charge in [0.1, 0.15) is 11.6 Å². The summed E-state index contributed by atoms with van der Waals surface area (Å²) in [4.78, 5) is 0. The predicted octanol–water partition coefficient (Wildman–Crippen LogP) is 4.57. The lowest BCUT2D eigenvalue weighted by molar-refractivity contribution is 0.320. The third-order valence-corrected chi connectivity index (χ3v) is 4.11. The van der Waals surface area contributed by atoms with Crippen molar-refractivity contribution in [2.24, 2.45) is 0 Å². The fourth-order valence-electron chi connectivity index (χ4n) is 2.14. The molecule has 4 heteroatoms. The van der Waals surface area contributed by atoms with Crippen LogP contribution >= 0.6 is 11.3 Å². The molecule has 0 aliphatic carbocycles. The van der Waals surface area contributed by atoms with Gasteiger partial charge >= 0.3 is 0 Å². The third-order valence-electron chi connectivity index (χ3n) is 3.38. The van der Waals surface area contributed by atoms with Crippen molar-refractivity contribution >= 4 is 11.3 Å². The Labute approximate surface area is 130 Å². The number of hydrogen-bond donors (Lipinski definition) is 1. The van der Waals surface area contributed by atoms with Gasteiger partial charge in [0.25, 0.3) is 0 Å². The topological polar surface area (TPSA) is 21.3 Å². The second kappa shape index (κ2) is 8.15. The molecule has 0 bridgehead atoms. The highest BCUT2D eigenvalue weighted by Crippen LogP contribution is 2.22. The highest BCUT2D eigenvalue weighted by atomic mass is 32.1. The monoisotopic (exact) mass is 307 g/mol. The molecular formula is C17H22FNOS. The number of rotatable bonds is 8. The van der Waals surface area contributed by atoms with E-state index in [2.05, 4.69) is 29.1 Å². The van der Waals surface area contributed by atoms with Gasteiger partial charge in [-0.15, -0.1) is 0 Å². The van der Waals surface area contributed by atoms with E-state index in [9.17, 15) is 4.39 Å². The van der Waals surface area contributed by atoms with Crippen molar-refractivity contribution in [3.8, 4) is 5.75 Å². The summed E-state index contributed by atoms with van der Waals surface area (Å²) in [6, 6.07) is 7.23. The minimum atomic E-state index is -0.209. The maximum atomic E-state index is 14.1. The summed E-state index contributed by atoms with van der Waals surface area (Å²) in [6.07, 6.45) is 1.89. The van der Waals surface area contributed by atoms with Crippen LogP contribution in [-0.2, 0) is 6.42 Å². The minimum Gasteiger partial charge on any atom is -0.493 e. The van der Waals surface area contributed by atoms with Crippen molar-refractivity contribution in [1.29, 1.82) is 0 Å². The maximum Gasteiger partial charge on any atom is 0.131 e. The van der Waals surface area contributed by atoms with Gasteiger partial charge in [0.2, 0.25) is 0 Å². The third kappa shape index (κ3) is 4.83. The normalized spacial score (nSPS) is 12.3. The number of thiophene rings is 1. The summed E-state index contributed by atoms with van der Waals surface area (Å²) in [5.74, 6) is 0.383. The molecule has 0 aliphatic rings. The average molecular weight is 307 g/mol. The van der Waals surface area contributed by atoms with E-state index in [0.29, 0.717) is 17.9 Å². The van der Waals surface area contributed by atoms with Gasteiger partial charge in [-0.3, -0.25) is 0 Å². The van der Waals surface area contributed by atoms with Gasteiger partial charge in [0, 0.05) is 24.1 Å². The average Bonchev–Trinajstić information content (AvgIpc) is 2.98. The van der Waals surface area contributed by atoms with Gasteiger partial charge in [0.15, 0.2) is 0 Å². The summed E-state index contributed by atoms with van der Waals surface area (Å²) in [7, 11) is 0. The van der Waals surface area contributed by atoms with Crippen LogP contribution in [-0.4, -0.2) is 13.2 Å². The minimum absolute atomic E-state index is 0.0183. The molecule has 0 amide bonds. The van der Waals surface area contributed by atoms with Crippen molar-refractivity contribution in [2.75, 3.05) is 13.2 Å². The van der Waals surface area contributed by atoms with Gasteiger partial charge in [-0.05, 0) is 48.3 Å². The van der Waals surface area contributed by atoms with Crippen molar-refractivity contribution in [2.45, 2.75) is 32.7 Å². The van der Waals surface area contributed by atoms with Gasteiger partial charge in [-0.1, -0.05) is 13.0 Å². The first-order chi connectivity index (χ1) is 10.2. The molecule has 2 aromatic rings. The van der Waals surface area contributed by atoms with E-state index < -0.39 is 0 Å². The second-order valence-corrected chi connectivity index (χ2v) is 5.87. The lowest BCUT2D eigenvalue weighted by Crippen LogP contribution is -2.20. The molecule has 0 spiro atoms.